The predicted octanol–water partition coefficient (Wildman–Crippen LogP) is 2.26. The van der Waals surface area contributed by atoms with Crippen LogP contribution < -0.4 is 10.6 Å². The highest BCUT2D eigenvalue weighted by atomic mass is 35.5. The van der Waals surface area contributed by atoms with Crippen LogP contribution >= 0.6 is 23.2 Å². The van der Waals surface area contributed by atoms with E-state index in [2.05, 4.69) is 10.6 Å². The zero-order valence-corrected chi connectivity index (χ0v) is 11.5. The Balaban J connectivity index is 1.79. The summed E-state index contributed by atoms with van der Waals surface area (Å²) in [4.78, 5) is 11.8. The van der Waals surface area contributed by atoms with Crippen molar-refractivity contribution in [3.8, 4) is 0 Å². The van der Waals surface area contributed by atoms with E-state index in [1.807, 2.05) is 12.1 Å². The van der Waals surface area contributed by atoms with Crippen LogP contribution in [0, 0.1) is 5.92 Å². The highest BCUT2D eigenvalue weighted by Gasteiger charge is 2.21. The Bertz CT molecular complexity index is 411. The fourth-order valence-corrected chi connectivity index (χ4v) is 2.68. The molecule has 0 saturated carbocycles. The normalized spacial score (nSPS) is 18.9. The molecule has 1 saturated heterocycles. The lowest BCUT2D eigenvalue weighted by Gasteiger charge is -2.10. The number of nitrogens with one attached hydrogen (secondary N) is 2. The van der Waals surface area contributed by atoms with E-state index in [1.165, 1.54) is 0 Å². The summed E-state index contributed by atoms with van der Waals surface area (Å²) in [5.74, 6) is 0.251. The van der Waals surface area contributed by atoms with Gasteiger partial charge in [0.2, 0.25) is 5.91 Å². The zero-order chi connectivity index (χ0) is 13.0. The van der Waals surface area contributed by atoms with Gasteiger partial charge in [-0.3, -0.25) is 4.79 Å². The Morgan fingerprint density at radius 3 is 2.67 bits per heavy atom. The molecule has 0 aromatic heterocycles. The van der Waals surface area contributed by atoms with Crippen LogP contribution in [0.25, 0.3) is 0 Å². The molecule has 1 unspecified atom stereocenters. The molecule has 1 atom stereocenters. The van der Waals surface area contributed by atoms with Crippen molar-refractivity contribution in [1.82, 2.24) is 10.6 Å². The van der Waals surface area contributed by atoms with Crippen molar-refractivity contribution in [3.63, 3.8) is 0 Å². The van der Waals surface area contributed by atoms with Crippen LogP contribution in [0.5, 0.6) is 0 Å². The Morgan fingerprint density at radius 2 is 2.06 bits per heavy atom. The summed E-state index contributed by atoms with van der Waals surface area (Å²) in [5, 5.41) is 7.38. The van der Waals surface area contributed by atoms with Crippen molar-refractivity contribution in [2.75, 3.05) is 19.6 Å². The monoisotopic (exact) mass is 286 g/mol. The second-order valence-electron chi connectivity index (χ2n) is 4.51. The van der Waals surface area contributed by atoms with E-state index in [1.54, 1.807) is 6.07 Å². The zero-order valence-electron chi connectivity index (χ0n) is 10.0. The Hall–Kier alpha value is -0.770. The quantitative estimate of drug-likeness (QED) is 0.892. The Labute approximate surface area is 117 Å². The van der Waals surface area contributed by atoms with Gasteiger partial charge in [-0.2, -0.15) is 0 Å². The largest absolute Gasteiger partial charge is 0.355 e. The number of rotatable bonds is 4. The maximum absolute atomic E-state index is 11.8. The van der Waals surface area contributed by atoms with Gasteiger partial charge in [-0.25, -0.2) is 0 Å². The van der Waals surface area contributed by atoms with E-state index >= 15 is 0 Å². The first-order chi connectivity index (χ1) is 8.65. The molecule has 0 spiro atoms. The molecule has 1 aromatic carbocycles. The first kappa shape index (κ1) is 13.7. The van der Waals surface area contributed by atoms with Crippen LogP contribution in [0.15, 0.2) is 18.2 Å². The molecule has 98 valence electrons. The second-order valence-corrected chi connectivity index (χ2v) is 5.38. The van der Waals surface area contributed by atoms with Crippen molar-refractivity contribution in [3.05, 3.63) is 33.8 Å². The van der Waals surface area contributed by atoms with Crippen LogP contribution in [0.4, 0.5) is 0 Å². The number of hydrogen-bond acceptors (Lipinski definition) is 2. The summed E-state index contributed by atoms with van der Waals surface area (Å²) in [7, 11) is 0. The minimum Gasteiger partial charge on any atom is -0.355 e. The van der Waals surface area contributed by atoms with E-state index in [9.17, 15) is 4.79 Å². The average Bonchev–Trinajstić information content (AvgIpc) is 2.80. The maximum Gasteiger partial charge on any atom is 0.224 e. The molecule has 1 aliphatic heterocycles. The van der Waals surface area contributed by atoms with Gasteiger partial charge in [0, 0.05) is 23.1 Å². The highest BCUT2D eigenvalue weighted by molar-refractivity contribution is 6.34. The molecular formula is C13H16Cl2N2O. The number of benzene rings is 1. The summed E-state index contributed by atoms with van der Waals surface area (Å²) in [6, 6.07) is 5.45. The van der Waals surface area contributed by atoms with E-state index in [0.717, 1.165) is 31.5 Å². The van der Waals surface area contributed by atoms with Gasteiger partial charge < -0.3 is 10.6 Å². The Kier molecular flexibility index (Phi) is 4.87. The third-order valence-electron chi connectivity index (χ3n) is 3.07. The number of carbonyl (C=O) groups is 1. The molecule has 18 heavy (non-hydrogen) atoms. The molecule has 5 heteroatoms. The minimum atomic E-state index is 0.118. The first-order valence-corrected chi connectivity index (χ1v) is 6.84. The molecule has 2 N–H and O–H groups in total. The lowest BCUT2D eigenvalue weighted by atomic mass is 10.1. The number of hydrogen-bond donors (Lipinski definition) is 2. The highest BCUT2D eigenvalue weighted by Crippen LogP contribution is 2.19. The van der Waals surface area contributed by atoms with Crippen LogP contribution in [-0.4, -0.2) is 25.5 Å². The van der Waals surface area contributed by atoms with Crippen molar-refractivity contribution in [1.29, 1.82) is 0 Å². The summed E-state index contributed by atoms with van der Waals surface area (Å²) in [6.45, 7) is 2.34. The maximum atomic E-state index is 11.8. The van der Waals surface area contributed by atoms with E-state index in [4.69, 9.17) is 23.2 Å². The van der Waals surface area contributed by atoms with Gasteiger partial charge in [-0.1, -0.05) is 23.2 Å². The van der Waals surface area contributed by atoms with Gasteiger partial charge >= 0.3 is 0 Å². The van der Waals surface area contributed by atoms with E-state index < -0.39 is 0 Å². The van der Waals surface area contributed by atoms with Crippen LogP contribution in [0.3, 0.4) is 0 Å². The predicted molar refractivity (Wildman–Crippen MR) is 74.2 cm³/mol. The van der Waals surface area contributed by atoms with E-state index in [0.29, 0.717) is 16.6 Å². The summed E-state index contributed by atoms with van der Waals surface area (Å²) in [6.07, 6.45) is 1.67. The molecule has 1 aromatic rings. The molecule has 1 heterocycles. The topological polar surface area (TPSA) is 41.1 Å². The van der Waals surface area contributed by atoms with Gasteiger partial charge in [-0.15, -0.1) is 0 Å². The summed E-state index contributed by atoms with van der Waals surface area (Å²) in [5.41, 5.74) is 1.04. The van der Waals surface area contributed by atoms with E-state index in [-0.39, 0.29) is 11.8 Å². The van der Waals surface area contributed by atoms with Crippen molar-refractivity contribution >= 4 is 29.1 Å². The minimum absolute atomic E-state index is 0.118. The fraction of sp³-hybridized carbons (Fsp3) is 0.462. The average molecular weight is 287 g/mol. The van der Waals surface area contributed by atoms with Gasteiger partial charge in [0.15, 0.2) is 0 Å². The number of amides is 1. The molecule has 0 bridgehead atoms. The smallest absolute Gasteiger partial charge is 0.224 e. The third kappa shape index (κ3) is 3.87. The first-order valence-electron chi connectivity index (χ1n) is 6.08. The Morgan fingerprint density at radius 1 is 1.33 bits per heavy atom. The third-order valence-corrected chi connectivity index (χ3v) is 3.50. The molecular weight excluding hydrogens is 271 g/mol. The standard InChI is InChI=1S/C13H16Cl2N2O/c14-11-5-9(6-12(15)7-11)1-4-17-13(18)10-2-3-16-8-10/h5-7,10,16H,1-4,8H2,(H,17,18). The van der Waals surface area contributed by atoms with Crippen LogP contribution in [0.1, 0.15) is 12.0 Å². The number of carbonyl (C=O) groups excluding carboxylic acids is 1. The van der Waals surface area contributed by atoms with Gasteiger partial charge in [-0.05, 0) is 43.1 Å². The van der Waals surface area contributed by atoms with Gasteiger partial charge in [0.1, 0.15) is 0 Å². The number of halogens is 2. The molecule has 1 aliphatic rings. The van der Waals surface area contributed by atoms with Gasteiger partial charge in [0.25, 0.3) is 0 Å². The summed E-state index contributed by atoms with van der Waals surface area (Å²) < 4.78 is 0. The second kappa shape index (κ2) is 6.41. The molecule has 3 nitrogen and oxygen atoms in total. The summed E-state index contributed by atoms with van der Waals surface area (Å²) >= 11 is 11.8. The van der Waals surface area contributed by atoms with Crippen LogP contribution in [-0.2, 0) is 11.2 Å². The van der Waals surface area contributed by atoms with Crippen molar-refractivity contribution in [2.45, 2.75) is 12.8 Å². The van der Waals surface area contributed by atoms with Crippen molar-refractivity contribution < 1.29 is 4.79 Å². The molecule has 1 fully saturated rings. The molecule has 1 amide bonds. The molecule has 0 aliphatic carbocycles. The lowest BCUT2D eigenvalue weighted by Crippen LogP contribution is -2.33. The SMILES string of the molecule is O=C(NCCc1cc(Cl)cc(Cl)c1)C1CCNC1. The lowest BCUT2D eigenvalue weighted by molar-refractivity contribution is -0.124. The molecule has 0 radical (unpaired) electrons. The van der Waals surface area contributed by atoms with Gasteiger partial charge in [0.05, 0.1) is 5.92 Å². The fourth-order valence-electron chi connectivity index (χ4n) is 2.11. The van der Waals surface area contributed by atoms with Crippen molar-refractivity contribution in [2.24, 2.45) is 5.92 Å². The molecule has 2 rings (SSSR count). The van der Waals surface area contributed by atoms with Crippen LogP contribution in [0.2, 0.25) is 10.0 Å².